The van der Waals surface area contributed by atoms with Crippen LogP contribution in [-0.2, 0) is 9.59 Å². The van der Waals surface area contributed by atoms with Gasteiger partial charge in [-0.25, -0.2) is 4.79 Å². The summed E-state index contributed by atoms with van der Waals surface area (Å²) in [4.78, 5) is 33.6. The maximum atomic E-state index is 11.8. The lowest BCUT2D eigenvalue weighted by Crippen LogP contribution is -2.37. The zero-order chi connectivity index (χ0) is 14.0. The molecule has 0 aliphatic carbocycles. The number of hydrogen-bond acceptors (Lipinski definition) is 3. The van der Waals surface area contributed by atoms with Crippen LogP contribution in [0.2, 0.25) is 5.02 Å². The topological polar surface area (TPSA) is 95.5 Å². The summed E-state index contributed by atoms with van der Waals surface area (Å²) in [6, 6.07) is 3.57. The molecule has 3 N–H and O–H groups in total. The third-order valence-electron chi connectivity index (χ3n) is 2.78. The Morgan fingerprint density at radius 1 is 1.42 bits per heavy atom. The molecular formula is C12H11ClN2O4. The highest BCUT2D eigenvalue weighted by Gasteiger charge is 2.27. The Balaban J connectivity index is 2.07. The van der Waals surface area contributed by atoms with Crippen molar-refractivity contribution in [1.29, 1.82) is 0 Å². The zero-order valence-electron chi connectivity index (χ0n) is 9.77. The van der Waals surface area contributed by atoms with E-state index in [9.17, 15) is 14.4 Å². The molecule has 2 amide bonds. The number of carbonyl (C=O) groups excluding carboxylic acids is 2. The van der Waals surface area contributed by atoms with E-state index in [2.05, 4.69) is 10.6 Å². The first-order chi connectivity index (χ1) is 8.97. The van der Waals surface area contributed by atoms with Crippen molar-refractivity contribution < 1.29 is 19.5 Å². The van der Waals surface area contributed by atoms with Crippen molar-refractivity contribution >= 4 is 35.1 Å². The first-order valence-electron chi connectivity index (χ1n) is 5.60. The second kappa shape index (κ2) is 5.27. The van der Waals surface area contributed by atoms with Gasteiger partial charge in [0.15, 0.2) is 0 Å². The maximum absolute atomic E-state index is 11.8. The van der Waals surface area contributed by atoms with Crippen molar-refractivity contribution in [3.05, 3.63) is 28.8 Å². The molecule has 7 heteroatoms. The Morgan fingerprint density at radius 3 is 2.68 bits per heavy atom. The van der Waals surface area contributed by atoms with Gasteiger partial charge in [0.1, 0.15) is 6.04 Å². The van der Waals surface area contributed by atoms with E-state index >= 15 is 0 Å². The minimum absolute atomic E-state index is 0.0335. The number of anilines is 1. The highest BCUT2D eigenvalue weighted by Crippen LogP contribution is 2.21. The van der Waals surface area contributed by atoms with Gasteiger partial charge in [0.2, 0.25) is 11.8 Å². The fourth-order valence-electron chi connectivity index (χ4n) is 1.81. The van der Waals surface area contributed by atoms with Gasteiger partial charge in [-0.3, -0.25) is 9.59 Å². The van der Waals surface area contributed by atoms with Gasteiger partial charge < -0.3 is 15.7 Å². The SMILES string of the molecule is O=C1CC[C@H](C(=O)Nc2ccc(C(=O)O)c(Cl)c2)N1. The van der Waals surface area contributed by atoms with Crippen LogP contribution in [0.4, 0.5) is 5.69 Å². The summed E-state index contributed by atoms with van der Waals surface area (Å²) in [5.74, 6) is -1.63. The molecule has 0 spiro atoms. The molecule has 1 aromatic carbocycles. The molecule has 1 aromatic rings. The number of nitrogens with one attached hydrogen (secondary N) is 2. The molecule has 1 saturated heterocycles. The minimum Gasteiger partial charge on any atom is -0.478 e. The summed E-state index contributed by atoms with van der Waals surface area (Å²) in [5, 5.41) is 14.0. The average Bonchev–Trinajstić information content (AvgIpc) is 2.75. The van der Waals surface area contributed by atoms with Gasteiger partial charge in [0.25, 0.3) is 0 Å². The first kappa shape index (κ1) is 13.4. The fourth-order valence-corrected chi connectivity index (χ4v) is 2.07. The molecule has 0 unspecified atom stereocenters. The molecule has 19 heavy (non-hydrogen) atoms. The maximum Gasteiger partial charge on any atom is 0.337 e. The smallest absolute Gasteiger partial charge is 0.337 e. The van der Waals surface area contributed by atoms with E-state index in [1.807, 2.05) is 0 Å². The highest BCUT2D eigenvalue weighted by atomic mass is 35.5. The zero-order valence-corrected chi connectivity index (χ0v) is 10.5. The predicted octanol–water partition coefficient (Wildman–Crippen LogP) is 1.26. The number of carbonyl (C=O) groups is 3. The van der Waals surface area contributed by atoms with Crippen LogP contribution < -0.4 is 10.6 Å². The number of rotatable bonds is 3. The van der Waals surface area contributed by atoms with Gasteiger partial charge in [-0.1, -0.05) is 11.6 Å². The monoisotopic (exact) mass is 282 g/mol. The van der Waals surface area contributed by atoms with Crippen LogP contribution in [0.25, 0.3) is 0 Å². The van der Waals surface area contributed by atoms with Crippen molar-refractivity contribution in [2.45, 2.75) is 18.9 Å². The first-order valence-corrected chi connectivity index (χ1v) is 5.98. The van der Waals surface area contributed by atoms with Crippen LogP contribution in [0.15, 0.2) is 18.2 Å². The largest absolute Gasteiger partial charge is 0.478 e. The van der Waals surface area contributed by atoms with E-state index in [0.717, 1.165) is 0 Å². The normalized spacial score (nSPS) is 17.9. The average molecular weight is 283 g/mol. The summed E-state index contributed by atoms with van der Waals surface area (Å²) in [7, 11) is 0. The van der Waals surface area contributed by atoms with Crippen molar-refractivity contribution in [3.63, 3.8) is 0 Å². The van der Waals surface area contributed by atoms with Crippen LogP contribution in [0.1, 0.15) is 23.2 Å². The molecule has 1 atom stereocenters. The molecule has 2 rings (SSSR count). The minimum atomic E-state index is -1.13. The Kier molecular flexibility index (Phi) is 3.71. The summed E-state index contributed by atoms with van der Waals surface area (Å²) < 4.78 is 0. The lowest BCUT2D eigenvalue weighted by Gasteiger charge is -2.11. The second-order valence-electron chi connectivity index (χ2n) is 4.15. The van der Waals surface area contributed by atoms with Crippen LogP contribution in [0, 0.1) is 0 Å². The van der Waals surface area contributed by atoms with Crippen LogP contribution >= 0.6 is 11.6 Å². The number of carboxylic acid groups (broad SMARTS) is 1. The van der Waals surface area contributed by atoms with E-state index in [-0.39, 0.29) is 22.4 Å². The third-order valence-corrected chi connectivity index (χ3v) is 3.09. The Hall–Kier alpha value is -2.08. The standard InChI is InChI=1S/C12H11ClN2O4/c13-8-5-6(1-2-7(8)12(18)19)14-11(17)9-3-4-10(16)15-9/h1-2,5,9H,3-4H2,(H,14,17)(H,15,16)(H,18,19)/t9-/m1/s1. The van der Waals surface area contributed by atoms with Crippen molar-refractivity contribution in [1.82, 2.24) is 5.32 Å². The molecule has 0 radical (unpaired) electrons. The summed E-state index contributed by atoms with van der Waals surface area (Å²) in [5.41, 5.74) is 0.356. The van der Waals surface area contributed by atoms with E-state index in [1.165, 1.54) is 18.2 Å². The number of aromatic carboxylic acids is 1. The van der Waals surface area contributed by atoms with Gasteiger partial charge in [0.05, 0.1) is 10.6 Å². The fraction of sp³-hybridized carbons (Fsp3) is 0.250. The number of carboxylic acids is 1. The van der Waals surface area contributed by atoms with Crippen LogP contribution in [0.3, 0.4) is 0 Å². The van der Waals surface area contributed by atoms with E-state index in [4.69, 9.17) is 16.7 Å². The Labute approximate surface area is 113 Å². The van der Waals surface area contributed by atoms with E-state index in [1.54, 1.807) is 0 Å². The molecule has 0 aromatic heterocycles. The predicted molar refractivity (Wildman–Crippen MR) is 68.2 cm³/mol. The second-order valence-corrected chi connectivity index (χ2v) is 4.56. The molecule has 1 fully saturated rings. The van der Waals surface area contributed by atoms with Gasteiger partial charge in [-0.05, 0) is 24.6 Å². The number of hydrogen-bond donors (Lipinski definition) is 3. The van der Waals surface area contributed by atoms with Crippen LogP contribution in [0.5, 0.6) is 0 Å². The van der Waals surface area contributed by atoms with E-state index < -0.39 is 12.0 Å². The van der Waals surface area contributed by atoms with Gasteiger partial charge in [0, 0.05) is 12.1 Å². The summed E-state index contributed by atoms with van der Waals surface area (Å²) >= 11 is 5.79. The van der Waals surface area contributed by atoms with Gasteiger partial charge in [-0.2, -0.15) is 0 Å². The van der Waals surface area contributed by atoms with Crippen molar-refractivity contribution in [2.24, 2.45) is 0 Å². The van der Waals surface area contributed by atoms with Gasteiger partial charge in [-0.15, -0.1) is 0 Å². The number of halogens is 1. The lowest BCUT2D eigenvalue weighted by atomic mass is 10.2. The molecule has 1 heterocycles. The molecule has 0 saturated carbocycles. The lowest BCUT2D eigenvalue weighted by molar-refractivity contribution is -0.122. The highest BCUT2D eigenvalue weighted by molar-refractivity contribution is 6.33. The third kappa shape index (κ3) is 3.03. The molecule has 6 nitrogen and oxygen atoms in total. The Morgan fingerprint density at radius 2 is 2.16 bits per heavy atom. The van der Waals surface area contributed by atoms with Crippen molar-refractivity contribution in [3.8, 4) is 0 Å². The quantitative estimate of drug-likeness (QED) is 0.777. The molecular weight excluding hydrogens is 272 g/mol. The number of amides is 2. The summed E-state index contributed by atoms with van der Waals surface area (Å²) in [6.45, 7) is 0. The molecule has 0 bridgehead atoms. The molecule has 1 aliphatic rings. The summed E-state index contributed by atoms with van der Waals surface area (Å²) in [6.07, 6.45) is 0.780. The van der Waals surface area contributed by atoms with Crippen LogP contribution in [-0.4, -0.2) is 28.9 Å². The van der Waals surface area contributed by atoms with Crippen molar-refractivity contribution in [2.75, 3.05) is 5.32 Å². The Bertz CT molecular complexity index is 559. The van der Waals surface area contributed by atoms with Gasteiger partial charge >= 0.3 is 5.97 Å². The van der Waals surface area contributed by atoms with E-state index in [0.29, 0.717) is 18.5 Å². The number of benzene rings is 1. The molecule has 100 valence electrons. The molecule has 1 aliphatic heterocycles.